The van der Waals surface area contributed by atoms with E-state index in [4.69, 9.17) is 0 Å². The number of carbonyl (C=O) groups is 1. The van der Waals surface area contributed by atoms with Crippen LogP contribution in [0.5, 0.6) is 0 Å². The SMILES string of the molecule is CCCNc1c(S(C)(=O)=O)ccc(C(=O)c2c(C3CC3)[nH]n(C)c2=O)c1C. The van der Waals surface area contributed by atoms with Gasteiger partial charge in [0.05, 0.1) is 16.3 Å². The van der Waals surface area contributed by atoms with Gasteiger partial charge in [0.2, 0.25) is 5.78 Å². The normalized spacial score (nSPS) is 14.4. The highest BCUT2D eigenvalue weighted by molar-refractivity contribution is 7.90. The fraction of sp³-hybridized carbons (Fsp3) is 0.474. The molecule has 27 heavy (non-hydrogen) atoms. The van der Waals surface area contributed by atoms with Gasteiger partial charge in [0.1, 0.15) is 5.56 Å². The molecule has 1 saturated carbocycles. The molecule has 0 unspecified atom stereocenters. The van der Waals surface area contributed by atoms with Crippen LogP contribution in [-0.4, -0.2) is 36.8 Å². The fourth-order valence-electron chi connectivity index (χ4n) is 3.30. The summed E-state index contributed by atoms with van der Waals surface area (Å²) in [5.41, 5.74) is 1.82. The predicted molar refractivity (Wildman–Crippen MR) is 105 cm³/mol. The van der Waals surface area contributed by atoms with Gasteiger partial charge in [-0.25, -0.2) is 8.42 Å². The Balaban J connectivity index is 2.15. The topological polar surface area (TPSA) is 101 Å². The Morgan fingerprint density at radius 3 is 2.56 bits per heavy atom. The van der Waals surface area contributed by atoms with E-state index < -0.39 is 9.84 Å². The number of aromatic amines is 1. The molecule has 146 valence electrons. The standard InChI is InChI=1S/C19H25N3O4S/c1-5-10-20-16-11(2)13(8-9-14(16)27(4,25)26)18(23)15-17(12-6-7-12)21-22(3)19(15)24/h8-9,12,20-21H,5-7,10H2,1-4H3. The zero-order valence-electron chi connectivity index (χ0n) is 16.0. The molecule has 2 aromatic rings. The van der Waals surface area contributed by atoms with Crippen LogP contribution in [0.15, 0.2) is 21.8 Å². The van der Waals surface area contributed by atoms with Crippen LogP contribution in [0.2, 0.25) is 0 Å². The number of sulfone groups is 1. The maximum absolute atomic E-state index is 13.2. The maximum Gasteiger partial charge on any atom is 0.277 e. The van der Waals surface area contributed by atoms with E-state index in [1.807, 2.05) is 6.92 Å². The number of aryl methyl sites for hydroxylation is 1. The number of hydrogen-bond donors (Lipinski definition) is 2. The van der Waals surface area contributed by atoms with Crippen molar-refractivity contribution in [1.29, 1.82) is 0 Å². The molecule has 1 aromatic heterocycles. The Morgan fingerprint density at radius 1 is 1.33 bits per heavy atom. The van der Waals surface area contributed by atoms with E-state index in [9.17, 15) is 18.0 Å². The molecule has 0 saturated heterocycles. The van der Waals surface area contributed by atoms with E-state index in [-0.39, 0.29) is 27.7 Å². The van der Waals surface area contributed by atoms with Gasteiger partial charge in [-0.05, 0) is 43.9 Å². The Morgan fingerprint density at radius 2 is 2.00 bits per heavy atom. The average Bonchev–Trinajstić information content (AvgIpc) is 3.39. The van der Waals surface area contributed by atoms with E-state index in [0.29, 0.717) is 29.1 Å². The van der Waals surface area contributed by atoms with Gasteiger partial charge in [-0.15, -0.1) is 0 Å². The third kappa shape index (κ3) is 3.58. The molecule has 0 aliphatic heterocycles. The number of H-pyrrole nitrogens is 1. The molecule has 0 bridgehead atoms. The number of rotatable bonds is 7. The van der Waals surface area contributed by atoms with Crippen molar-refractivity contribution in [1.82, 2.24) is 9.78 Å². The molecule has 0 amide bonds. The third-order valence-electron chi connectivity index (χ3n) is 4.91. The summed E-state index contributed by atoms with van der Waals surface area (Å²) in [7, 11) is -1.86. The minimum absolute atomic E-state index is 0.161. The molecule has 8 heteroatoms. The van der Waals surface area contributed by atoms with E-state index in [2.05, 4.69) is 10.4 Å². The lowest BCUT2D eigenvalue weighted by Gasteiger charge is -2.16. The highest BCUT2D eigenvalue weighted by Gasteiger charge is 2.33. The second-order valence-electron chi connectivity index (χ2n) is 7.18. The first-order chi connectivity index (χ1) is 12.7. The number of nitrogens with one attached hydrogen (secondary N) is 2. The van der Waals surface area contributed by atoms with Crippen LogP contribution in [0, 0.1) is 6.92 Å². The fourth-order valence-corrected chi connectivity index (χ4v) is 4.21. The lowest BCUT2D eigenvalue weighted by atomic mass is 9.97. The van der Waals surface area contributed by atoms with Crippen molar-refractivity contribution in [3.05, 3.63) is 44.9 Å². The van der Waals surface area contributed by atoms with Gasteiger partial charge in [-0.1, -0.05) is 6.92 Å². The van der Waals surface area contributed by atoms with Gasteiger partial charge in [0.15, 0.2) is 9.84 Å². The summed E-state index contributed by atoms with van der Waals surface area (Å²) < 4.78 is 25.6. The van der Waals surface area contributed by atoms with Crippen molar-refractivity contribution in [2.75, 3.05) is 18.1 Å². The molecule has 1 aromatic carbocycles. The van der Waals surface area contributed by atoms with Crippen LogP contribution in [0.25, 0.3) is 0 Å². The quantitative estimate of drug-likeness (QED) is 0.706. The number of carbonyl (C=O) groups excluding carboxylic acids is 1. The van der Waals surface area contributed by atoms with Crippen molar-refractivity contribution >= 4 is 21.3 Å². The minimum Gasteiger partial charge on any atom is -0.384 e. The second-order valence-corrected chi connectivity index (χ2v) is 9.16. The predicted octanol–water partition coefficient (Wildman–Crippen LogP) is 2.36. The second kappa shape index (κ2) is 6.99. The monoisotopic (exact) mass is 391 g/mol. The van der Waals surface area contributed by atoms with Crippen LogP contribution >= 0.6 is 0 Å². The van der Waals surface area contributed by atoms with Crippen LogP contribution < -0.4 is 10.9 Å². The summed E-state index contributed by atoms with van der Waals surface area (Å²) in [5.74, 6) is -0.151. The lowest BCUT2D eigenvalue weighted by molar-refractivity contribution is 0.103. The molecule has 1 fully saturated rings. The Hall–Kier alpha value is -2.35. The maximum atomic E-state index is 13.2. The largest absolute Gasteiger partial charge is 0.384 e. The van der Waals surface area contributed by atoms with Gasteiger partial charge in [0, 0.05) is 31.3 Å². The van der Waals surface area contributed by atoms with Crippen LogP contribution in [0.3, 0.4) is 0 Å². The van der Waals surface area contributed by atoms with Crippen LogP contribution in [0.4, 0.5) is 5.69 Å². The van der Waals surface area contributed by atoms with Crippen LogP contribution in [0.1, 0.15) is 59.3 Å². The zero-order valence-corrected chi connectivity index (χ0v) is 16.9. The van der Waals surface area contributed by atoms with Gasteiger partial charge < -0.3 is 5.32 Å². The number of ketones is 1. The molecule has 1 heterocycles. The molecule has 0 atom stereocenters. The van der Waals surface area contributed by atoms with Crippen molar-refractivity contribution < 1.29 is 13.2 Å². The molecule has 1 aliphatic rings. The highest BCUT2D eigenvalue weighted by Crippen LogP contribution is 2.40. The van der Waals surface area contributed by atoms with Crippen LogP contribution in [-0.2, 0) is 16.9 Å². The first-order valence-electron chi connectivity index (χ1n) is 9.07. The van der Waals surface area contributed by atoms with Gasteiger partial charge in [0.25, 0.3) is 5.56 Å². The van der Waals surface area contributed by atoms with E-state index in [1.165, 1.54) is 16.8 Å². The zero-order chi connectivity index (χ0) is 19.9. The molecular weight excluding hydrogens is 366 g/mol. The molecule has 2 N–H and O–H groups in total. The Labute approximate surface area is 158 Å². The first-order valence-corrected chi connectivity index (χ1v) is 11.0. The number of nitrogens with zero attached hydrogens (tertiary/aromatic N) is 1. The van der Waals surface area contributed by atoms with Crippen molar-refractivity contribution in [3.8, 4) is 0 Å². The third-order valence-corrected chi connectivity index (χ3v) is 6.05. The Bertz CT molecular complexity index is 1060. The molecule has 0 radical (unpaired) electrons. The summed E-state index contributed by atoms with van der Waals surface area (Å²) in [6, 6.07) is 2.95. The number of aromatic nitrogens is 2. The smallest absolute Gasteiger partial charge is 0.277 e. The van der Waals surface area contributed by atoms with E-state index >= 15 is 0 Å². The van der Waals surface area contributed by atoms with Gasteiger partial charge in [-0.3, -0.25) is 19.4 Å². The summed E-state index contributed by atoms with van der Waals surface area (Å²) in [6.45, 7) is 4.27. The van der Waals surface area contributed by atoms with E-state index in [0.717, 1.165) is 25.5 Å². The van der Waals surface area contributed by atoms with E-state index in [1.54, 1.807) is 14.0 Å². The first kappa shape index (κ1) is 19.4. The van der Waals surface area contributed by atoms with Crippen molar-refractivity contribution in [2.24, 2.45) is 7.05 Å². The molecule has 0 spiro atoms. The van der Waals surface area contributed by atoms with Gasteiger partial charge >= 0.3 is 0 Å². The highest BCUT2D eigenvalue weighted by atomic mass is 32.2. The Kier molecular flexibility index (Phi) is 5.03. The summed E-state index contributed by atoms with van der Waals surface area (Å²) >= 11 is 0. The average molecular weight is 391 g/mol. The van der Waals surface area contributed by atoms with Crippen molar-refractivity contribution in [2.45, 2.75) is 43.9 Å². The lowest BCUT2D eigenvalue weighted by Crippen LogP contribution is -2.21. The molecule has 1 aliphatic carbocycles. The number of benzene rings is 1. The minimum atomic E-state index is -3.45. The van der Waals surface area contributed by atoms with Crippen molar-refractivity contribution in [3.63, 3.8) is 0 Å². The molecule has 3 rings (SSSR count). The summed E-state index contributed by atoms with van der Waals surface area (Å²) in [6.07, 6.45) is 3.86. The summed E-state index contributed by atoms with van der Waals surface area (Å²) in [5, 5.41) is 6.13. The number of anilines is 1. The molecule has 7 nitrogen and oxygen atoms in total. The number of hydrogen-bond acceptors (Lipinski definition) is 5. The summed E-state index contributed by atoms with van der Waals surface area (Å²) in [4.78, 5) is 25.9. The molecular formula is C19H25N3O4S. The van der Waals surface area contributed by atoms with Gasteiger partial charge in [-0.2, -0.15) is 0 Å².